The molecule has 0 unspecified atom stereocenters. The Kier molecular flexibility index (Phi) is 3.13. The van der Waals surface area contributed by atoms with Gasteiger partial charge in [-0.25, -0.2) is 4.98 Å². The molecule has 0 amide bonds. The van der Waals surface area contributed by atoms with Gasteiger partial charge in [0, 0.05) is 19.4 Å². The Labute approximate surface area is 100 Å². The SMILES string of the molecule is Cc1cnc(N)c(C(=O)C2(N)CCOCC2)c1. The smallest absolute Gasteiger partial charge is 0.186 e. The predicted octanol–water partition coefficient (Wildman–Crippen LogP) is 0.663. The molecular weight excluding hydrogens is 218 g/mol. The molecule has 4 N–H and O–H groups in total. The van der Waals surface area contributed by atoms with E-state index in [0.717, 1.165) is 5.56 Å². The lowest BCUT2D eigenvalue weighted by atomic mass is 9.83. The molecule has 17 heavy (non-hydrogen) atoms. The molecular formula is C12H17N3O2. The standard InChI is InChI=1S/C12H17N3O2/c1-8-6-9(11(13)15-7-8)10(16)12(14)2-4-17-5-3-12/h6-7H,2-5,14H2,1H3,(H2,13,15). The first-order valence-electron chi connectivity index (χ1n) is 5.66. The largest absolute Gasteiger partial charge is 0.383 e. The van der Waals surface area contributed by atoms with E-state index in [0.29, 0.717) is 31.6 Å². The lowest BCUT2D eigenvalue weighted by Crippen LogP contribution is -2.52. The Morgan fingerprint density at radius 3 is 2.76 bits per heavy atom. The number of aryl methyl sites for hydroxylation is 1. The molecule has 2 rings (SSSR count). The summed E-state index contributed by atoms with van der Waals surface area (Å²) < 4.78 is 5.23. The van der Waals surface area contributed by atoms with Crippen molar-refractivity contribution < 1.29 is 9.53 Å². The average molecular weight is 235 g/mol. The third-order valence-corrected chi connectivity index (χ3v) is 3.14. The highest BCUT2D eigenvalue weighted by atomic mass is 16.5. The summed E-state index contributed by atoms with van der Waals surface area (Å²) in [6.07, 6.45) is 2.69. The molecule has 0 aliphatic carbocycles. The fourth-order valence-electron chi connectivity index (χ4n) is 1.99. The summed E-state index contributed by atoms with van der Waals surface area (Å²) >= 11 is 0. The number of hydrogen-bond acceptors (Lipinski definition) is 5. The van der Waals surface area contributed by atoms with Crippen molar-refractivity contribution in [2.24, 2.45) is 5.73 Å². The number of carbonyl (C=O) groups excluding carboxylic acids is 1. The number of hydrogen-bond donors (Lipinski definition) is 2. The Bertz CT molecular complexity index is 439. The maximum absolute atomic E-state index is 12.4. The van der Waals surface area contributed by atoms with Crippen LogP contribution in [0.1, 0.15) is 28.8 Å². The molecule has 0 aromatic carbocycles. The van der Waals surface area contributed by atoms with Crippen LogP contribution in [-0.2, 0) is 4.74 Å². The zero-order valence-corrected chi connectivity index (χ0v) is 9.90. The number of pyridine rings is 1. The molecule has 2 heterocycles. The highest BCUT2D eigenvalue weighted by Gasteiger charge is 2.37. The molecule has 1 aliphatic heterocycles. The van der Waals surface area contributed by atoms with Crippen molar-refractivity contribution in [2.75, 3.05) is 18.9 Å². The lowest BCUT2D eigenvalue weighted by molar-refractivity contribution is 0.0448. The highest BCUT2D eigenvalue weighted by Crippen LogP contribution is 2.25. The summed E-state index contributed by atoms with van der Waals surface area (Å²) in [5, 5.41) is 0. The number of rotatable bonds is 2. The first kappa shape index (κ1) is 12.0. The third-order valence-electron chi connectivity index (χ3n) is 3.14. The average Bonchev–Trinajstić information content (AvgIpc) is 2.32. The van der Waals surface area contributed by atoms with E-state index >= 15 is 0 Å². The topological polar surface area (TPSA) is 91.2 Å². The lowest BCUT2D eigenvalue weighted by Gasteiger charge is -2.32. The van der Waals surface area contributed by atoms with Crippen molar-refractivity contribution in [2.45, 2.75) is 25.3 Å². The third kappa shape index (κ3) is 2.30. The fraction of sp³-hybridized carbons (Fsp3) is 0.500. The molecule has 1 saturated heterocycles. The predicted molar refractivity (Wildman–Crippen MR) is 64.7 cm³/mol. The minimum Gasteiger partial charge on any atom is -0.383 e. The summed E-state index contributed by atoms with van der Waals surface area (Å²) in [4.78, 5) is 16.4. The van der Waals surface area contributed by atoms with Crippen LogP contribution in [0.5, 0.6) is 0 Å². The second-order valence-corrected chi connectivity index (χ2v) is 4.54. The van der Waals surface area contributed by atoms with Crippen LogP contribution in [0.2, 0.25) is 0 Å². The van der Waals surface area contributed by atoms with Crippen molar-refractivity contribution in [3.05, 3.63) is 23.4 Å². The van der Waals surface area contributed by atoms with Gasteiger partial charge in [0.2, 0.25) is 0 Å². The molecule has 0 saturated carbocycles. The fourth-order valence-corrected chi connectivity index (χ4v) is 1.99. The Morgan fingerprint density at radius 2 is 2.12 bits per heavy atom. The molecule has 1 aliphatic rings. The minimum absolute atomic E-state index is 0.130. The van der Waals surface area contributed by atoms with Gasteiger partial charge >= 0.3 is 0 Å². The second-order valence-electron chi connectivity index (χ2n) is 4.54. The quantitative estimate of drug-likeness (QED) is 0.735. The number of carbonyl (C=O) groups is 1. The maximum Gasteiger partial charge on any atom is 0.186 e. The number of aromatic nitrogens is 1. The van der Waals surface area contributed by atoms with Gasteiger partial charge in [0.15, 0.2) is 5.78 Å². The summed E-state index contributed by atoms with van der Waals surface area (Å²) in [5.74, 6) is 0.117. The summed E-state index contributed by atoms with van der Waals surface area (Å²) in [7, 11) is 0. The first-order valence-corrected chi connectivity index (χ1v) is 5.66. The zero-order chi connectivity index (χ0) is 12.5. The van der Waals surface area contributed by atoms with Gasteiger partial charge in [-0.3, -0.25) is 4.79 Å². The number of anilines is 1. The molecule has 0 radical (unpaired) electrons. The van der Waals surface area contributed by atoms with E-state index in [-0.39, 0.29) is 11.6 Å². The molecule has 0 spiro atoms. The van der Waals surface area contributed by atoms with Gasteiger partial charge in [0.05, 0.1) is 11.1 Å². The molecule has 0 bridgehead atoms. The van der Waals surface area contributed by atoms with Crippen LogP contribution in [0, 0.1) is 6.92 Å². The highest BCUT2D eigenvalue weighted by molar-refractivity contribution is 6.06. The van der Waals surface area contributed by atoms with Gasteiger partial charge in [0.1, 0.15) is 5.82 Å². The van der Waals surface area contributed by atoms with Crippen molar-refractivity contribution >= 4 is 11.6 Å². The molecule has 0 atom stereocenters. The van der Waals surface area contributed by atoms with Gasteiger partial charge in [-0.1, -0.05) is 0 Å². The zero-order valence-electron chi connectivity index (χ0n) is 9.90. The van der Waals surface area contributed by atoms with Crippen LogP contribution in [0.25, 0.3) is 0 Å². The van der Waals surface area contributed by atoms with E-state index in [1.165, 1.54) is 0 Å². The summed E-state index contributed by atoms with van der Waals surface area (Å²) in [6, 6.07) is 1.74. The number of nitrogens with zero attached hydrogens (tertiary/aromatic N) is 1. The molecule has 1 fully saturated rings. The van der Waals surface area contributed by atoms with Crippen molar-refractivity contribution in [1.82, 2.24) is 4.98 Å². The van der Waals surface area contributed by atoms with Crippen LogP contribution < -0.4 is 11.5 Å². The van der Waals surface area contributed by atoms with Crippen LogP contribution in [0.15, 0.2) is 12.3 Å². The molecule has 1 aromatic heterocycles. The van der Waals surface area contributed by atoms with E-state index in [2.05, 4.69) is 4.98 Å². The van der Waals surface area contributed by atoms with E-state index < -0.39 is 5.54 Å². The summed E-state index contributed by atoms with van der Waals surface area (Å²) in [6.45, 7) is 2.90. The summed E-state index contributed by atoms with van der Waals surface area (Å²) in [5.41, 5.74) is 12.3. The number of nitrogens with two attached hydrogens (primary N) is 2. The van der Waals surface area contributed by atoms with Gasteiger partial charge in [-0.15, -0.1) is 0 Å². The van der Waals surface area contributed by atoms with E-state index in [1.54, 1.807) is 12.3 Å². The minimum atomic E-state index is -0.859. The normalized spacial score (nSPS) is 18.9. The second kappa shape index (κ2) is 4.43. The van der Waals surface area contributed by atoms with Crippen molar-refractivity contribution in [1.29, 1.82) is 0 Å². The molecule has 92 valence electrons. The maximum atomic E-state index is 12.4. The van der Waals surface area contributed by atoms with E-state index in [4.69, 9.17) is 16.2 Å². The van der Waals surface area contributed by atoms with Crippen LogP contribution in [0.3, 0.4) is 0 Å². The van der Waals surface area contributed by atoms with Crippen LogP contribution >= 0.6 is 0 Å². The number of nitrogen functional groups attached to an aromatic ring is 1. The Hall–Kier alpha value is -1.46. The van der Waals surface area contributed by atoms with Gasteiger partial charge < -0.3 is 16.2 Å². The number of ether oxygens (including phenoxy) is 1. The Balaban J connectivity index is 2.32. The Morgan fingerprint density at radius 1 is 1.47 bits per heavy atom. The van der Waals surface area contributed by atoms with Crippen LogP contribution in [-0.4, -0.2) is 29.5 Å². The number of Topliss-reactive ketones (excluding diaryl/α,β-unsaturated/α-hetero) is 1. The number of ketones is 1. The molecule has 5 heteroatoms. The van der Waals surface area contributed by atoms with E-state index in [9.17, 15) is 4.79 Å². The first-order chi connectivity index (χ1) is 8.03. The van der Waals surface area contributed by atoms with E-state index in [1.807, 2.05) is 6.92 Å². The van der Waals surface area contributed by atoms with Gasteiger partial charge in [0.25, 0.3) is 0 Å². The monoisotopic (exact) mass is 235 g/mol. The van der Waals surface area contributed by atoms with Gasteiger partial charge in [-0.2, -0.15) is 0 Å². The van der Waals surface area contributed by atoms with Gasteiger partial charge in [-0.05, 0) is 31.4 Å². The molecule has 1 aromatic rings. The van der Waals surface area contributed by atoms with Crippen molar-refractivity contribution in [3.8, 4) is 0 Å². The van der Waals surface area contributed by atoms with Crippen molar-refractivity contribution in [3.63, 3.8) is 0 Å². The van der Waals surface area contributed by atoms with Crippen LogP contribution in [0.4, 0.5) is 5.82 Å². The molecule has 5 nitrogen and oxygen atoms in total.